The predicted molar refractivity (Wildman–Crippen MR) is 174 cm³/mol. The predicted octanol–water partition coefficient (Wildman–Crippen LogP) is 7.82. The van der Waals surface area contributed by atoms with Gasteiger partial charge in [-0.05, 0) is 89.7 Å². The van der Waals surface area contributed by atoms with Crippen LogP contribution in [0.2, 0.25) is 0 Å². The second kappa shape index (κ2) is 11.2. The van der Waals surface area contributed by atoms with Gasteiger partial charge in [0.2, 0.25) is 0 Å². The van der Waals surface area contributed by atoms with Crippen molar-refractivity contribution in [2.75, 3.05) is 20.0 Å². The second-order valence-corrected chi connectivity index (χ2v) is 17.8. The Morgan fingerprint density at radius 2 is 1.24 bits per heavy atom. The van der Waals surface area contributed by atoms with E-state index in [0.717, 1.165) is 36.2 Å². The maximum Gasteiger partial charge on any atom is 0.172 e. The molecule has 1 saturated heterocycles. The van der Waals surface area contributed by atoms with Gasteiger partial charge in [-0.25, -0.2) is 0 Å². The Morgan fingerprint density at radius 1 is 0.738 bits per heavy atom. The molecule has 0 radical (unpaired) electrons. The first-order valence-electron chi connectivity index (χ1n) is 16.0. The summed E-state index contributed by atoms with van der Waals surface area (Å²) in [4.78, 5) is 0. The van der Waals surface area contributed by atoms with E-state index in [4.69, 9.17) is 9.47 Å². The third-order valence-electron chi connectivity index (χ3n) is 12.2. The first-order valence-corrected chi connectivity index (χ1v) is 17.9. The first-order chi connectivity index (χ1) is 20.2. The highest BCUT2D eigenvalue weighted by molar-refractivity contribution is 8.17. The molecule has 2 aromatic carbocycles. The van der Waals surface area contributed by atoms with Crippen LogP contribution in [0.1, 0.15) is 64.5 Å². The minimum atomic E-state index is -1.29. The van der Waals surface area contributed by atoms with Gasteiger partial charge in [0.15, 0.2) is 5.60 Å². The molecular weight excluding hydrogens is 557 g/mol. The van der Waals surface area contributed by atoms with Crippen LogP contribution in [0, 0.1) is 58.2 Å². The number of aliphatic hydroxyl groups is 1. The Morgan fingerprint density at radius 3 is 1.74 bits per heavy atom. The molecule has 0 unspecified atom stereocenters. The molecule has 6 saturated carbocycles. The number of hydrogen-bond acceptors (Lipinski definition) is 5. The SMILES string of the molecule is CC1(C)[C@H]2C[C@@H]3SC([C@@](O)(C#Cc4ccccc4)c4ccccc4)S[C@H]4C[C@H]5C[C@@H]([C@@H]4COCOC[C@H]3[C@@H]1C2)C5(C)C. The Kier molecular flexibility index (Phi) is 7.80. The molecule has 0 spiro atoms. The van der Waals surface area contributed by atoms with Crippen LogP contribution in [0.15, 0.2) is 60.7 Å². The molecule has 1 aliphatic heterocycles. The molecule has 6 aliphatic carbocycles. The topological polar surface area (TPSA) is 38.7 Å². The van der Waals surface area contributed by atoms with Gasteiger partial charge in [-0.3, -0.25) is 0 Å². The summed E-state index contributed by atoms with van der Waals surface area (Å²) in [7, 11) is 0. The molecule has 224 valence electrons. The van der Waals surface area contributed by atoms with Crippen LogP contribution in [-0.2, 0) is 15.1 Å². The zero-order chi connectivity index (χ0) is 29.1. The summed E-state index contributed by atoms with van der Waals surface area (Å²) in [5.41, 5.74) is 1.26. The van der Waals surface area contributed by atoms with Crippen LogP contribution in [0.3, 0.4) is 0 Å². The maximum absolute atomic E-state index is 12.9. The van der Waals surface area contributed by atoms with Gasteiger partial charge < -0.3 is 14.6 Å². The average molecular weight is 603 g/mol. The average Bonchev–Trinajstić information content (AvgIpc) is 3.00. The van der Waals surface area contributed by atoms with Crippen molar-refractivity contribution >= 4 is 23.5 Å². The highest BCUT2D eigenvalue weighted by Gasteiger charge is 2.61. The third kappa shape index (κ3) is 4.98. The van der Waals surface area contributed by atoms with Crippen LogP contribution in [0.5, 0.6) is 0 Å². The Bertz CT molecular complexity index is 1270. The minimum Gasteiger partial charge on any atom is -0.371 e. The molecule has 9 rings (SSSR count). The van der Waals surface area contributed by atoms with Gasteiger partial charge in [-0.1, -0.05) is 88.1 Å². The lowest BCUT2D eigenvalue weighted by molar-refractivity contribution is -0.158. The van der Waals surface area contributed by atoms with Crippen LogP contribution in [0.4, 0.5) is 0 Å². The molecule has 42 heavy (non-hydrogen) atoms. The monoisotopic (exact) mass is 602 g/mol. The van der Waals surface area contributed by atoms with Gasteiger partial charge in [0.25, 0.3) is 0 Å². The van der Waals surface area contributed by atoms with Gasteiger partial charge in [0.1, 0.15) is 6.79 Å². The van der Waals surface area contributed by atoms with Crippen molar-refractivity contribution in [1.29, 1.82) is 0 Å². The smallest absolute Gasteiger partial charge is 0.172 e. The fraction of sp³-hybridized carbons (Fsp3) is 0.622. The summed E-state index contributed by atoms with van der Waals surface area (Å²) >= 11 is 4.04. The lowest BCUT2D eigenvalue weighted by Crippen LogP contribution is -2.59. The van der Waals surface area contributed by atoms with E-state index in [1.54, 1.807) is 0 Å². The Balaban J connectivity index is 1.29. The molecule has 0 aromatic heterocycles. The van der Waals surface area contributed by atoms with E-state index in [1.807, 2.05) is 72.1 Å². The van der Waals surface area contributed by atoms with Crippen molar-refractivity contribution in [3.63, 3.8) is 0 Å². The van der Waals surface area contributed by atoms with Crippen LogP contribution in [0.25, 0.3) is 0 Å². The van der Waals surface area contributed by atoms with E-state index in [9.17, 15) is 5.11 Å². The lowest BCUT2D eigenvalue weighted by Gasteiger charge is -2.64. The molecule has 5 heteroatoms. The van der Waals surface area contributed by atoms with Crippen molar-refractivity contribution < 1.29 is 14.6 Å². The van der Waals surface area contributed by atoms with E-state index in [0.29, 0.717) is 51.8 Å². The number of thioether (sulfide) groups is 2. The first kappa shape index (κ1) is 29.3. The number of hydrogen-bond donors (Lipinski definition) is 1. The standard InChI is InChI=1S/C37H46O3S2/c1-35(2)26-17-30(35)28-21-39-23-40-22-29-31-18-27(36(31,3)4)20-33(29)42-34(41-32(28)19-26)37(38,25-13-9-6-10-14-25)16-15-24-11-7-5-8-12-24/h5-14,26-34,38H,17-23H2,1-4H3/t26-,27-,28+,29+,30+,31+,32+,33+,37-/m1/s1. The van der Waals surface area contributed by atoms with Crippen molar-refractivity contribution in [2.24, 2.45) is 46.3 Å². The van der Waals surface area contributed by atoms with E-state index in [-0.39, 0.29) is 4.58 Å². The van der Waals surface area contributed by atoms with Gasteiger partial charge >= 0.3 is 0 Å². The summed E-state index contributed by atoms with van der Waals surface area (Å²) in [6.45, 7) is 11.7. The molecule has 7 fully saturated rings. The van der Waals surface area contributed by atoms with Crippen LogP contribution in [-0.4, -0.2) is 40.2 Å². The molecule has 1 heterocycles. The fourth-order valence-corrected chi connectivity index (χ4v) is 13.3. The fourth-order valence-electron chi connectivity index (χ4n) is 9.18. The van der Waals surface area contributed by atoms with Crippen molar-refractivity contribution in [3.8, 4) is 11.8 Å². The summed E-state index contributed by atoms with van der Waals surface area (Å²) in [6, 6.07) is 20.4. The number of benzene rings is 2. The van der Waals surface area contributed by atoms with Gasteiger partial charge in [-0.2, -0.15) is 0 Å². The van der Waals surface area contributed by atoms with E-state index < -0.39 is 5.60 Å². The molecule has 3 nitrogen and oxygen atoms in total. The highest BCUT2D eigenvalue weighted by Crippen LogP contribution is 2.67. The molecule has 9 atom stereocenters. The molecule has 4 bridgehead atoms. The van der Waals surface area contributed by atoms with Gasteiger partial charge in [-0.15, -0.1) is 23.5 Å². The van der Waals surface area contributed by atoms with Gasteiger partial charge in [0.05, 0.1) is 17.8 Å². The molecule has 2 aromatic rings. The molecule has 1 N–H and O–H groups in total. The molecular formula is C37H46O3S2. The maximum atomic E-state index is 12.9. The Hall–Kier alpha value is -1.42. The van der Waals surface area contributed by atoms with Crippen molar-refractivity contribution in [1.82, 2.24) is 0 Å². The van der Waals surface area contributed by atoms with Crippen LogP contribution >= 0.6 is 23.5 Å². The number of ether oxygens (including phenoxy) is 2. The third-order valence-corrected chi connectivity index (χ3v) is 15.9. The summed E-state index contributed by atoms with van der Waals surface area (Å²) < 4.78 is 12.5. The zero-order valence-electron chi connectivity index (χ0n) is 25.5. The van der Waals surface area contributed by atoms with Crippen molar-refractivity contribution in [3.05, 3.63) is 71.8 Å². The van der Waals surface area contributed by atoms with E-state index >= 15 is 0 Å². The summed E-state index contributed by atoms with van der Waals surface area (Å²) in [6.07, 6.45) is 4.97. The van der Waals surface area contributed by atoms with E-state index in [1.165, 1.54) is 25.7 Å². The molecule has 7 aliphatic rings. The largest absolute Gasteiger partial charge is 0.371 e. The Labute approximate surface area is 261 Å². The van der Waals surface area contributed by atoms with E-state index in [2.05, 4.69) is 51.7 Å². The summed E-state index contributed by atoms with van der Waals surface area (Å²) in [5, 5.41) is 13.8. The lowest BCUT2D eigenvalue weighted by atomic mass is 9.45. The van der Waals surface area contributed by atoms with Crippen molar-refractivity contribution in [2.45, 2.75) is 74.1 Å². The second-order valence-electron chi connectivity index (χ2n) is 14.8. The molecule has 0 amide bonds. The van der Waals surface area contributed by atoms with Gasteiger partial charge in [0, 0.05) is 16.1 Å². The normalized spacial score (nSPS) is 38.3. The highest BCUT2D eigenvalue weighted by atomic mass is 32.2. The minimum absolute atomic E-state index is 0.114. The van der Waals surface area contributed by atoms with Crippen LogP contribution < -0.4 is 0 Å². The quantitative estimate of drug-likeness (QED) is 0.355. The summed E-state index contributed by atoms with van der Waals surface area (Å²) in [5.74, 6) is 10.6. The zero-order valence-corrected chi connectivity index (χ0v) is 27.1. The number of rotatable bonds is 2.